The molecule has 1 atom stereocenters. The van der Waals surface area contributed by atoms with Crippen molar-refractivity contribution in [2.45, 2.75) is 58.9 Å². The summed E-state index contributed by atoms with van der Waals surface area (Å²) in [6.45, 7) is 6.03. The minimum absolute atomic E-state index is 0.115. The van der Waals surface area contributed by atoms with Crippen molar-refractivity contribution in [3.05, 3.63) is 0 Å². The molecule has 2 heteroatoms. The van der Waals surface area contributed by atoms with Gasteiger partial charge in [0.2, 0.25) is 0 Å². The Kier molecular flexibility index (Phi) is 3.71. The summed E-state index contributed by atoms with van der Waals surface area (Å²) < 4.78 is 0. The van der Waals surface area contributed by atoms with Crippen molar-refractivity contribution in [2.24, 2.45) is 17.1 Å². The lowest BCUT2D eigenvalue weighted by Crippen LogP contribution is -2.33. The number of ketones is 1. The van der Waals surface area contributed by atoms with Crippen LogP contribution in [0.15, 0.2) is 0 Å². The molecule has 0 heterocycles. The van der Waals surface area contributed by atoms with Crippen LogP contribution in [-0.4, -0.2) is 11.8 Å². The third-order valence-electron chi connectivity index (χ3n) is 3.22. The Balaban J connectivity index is 2.27. The van der Waals surface area contributed by atoms with Gasteiger partial charge in [0.05, 0.1) is 6.04 Å². The van der Waals surface area contributed by atoms with Crippen LogP contribution in [0.3, 0.4) is 0 Å². The minimum Gasteiger partial charge on any atom is -0.322 e. The molecule has 0 aliphatic heterocycles. The van der Waals surface area contributed by atoms with Crippen molar-refractivity contribution in [2.75, 3.05) is 0 Å². The zero-order valence-corrected chi connectivity index (χ0v) is 9.68. The molecule has 0 spiro atoms. The summed E-state index contributed by atoms with van der Waals surface area (Å²) in [5, 5.41) is 0. The molecule has 0 bridgehead atoms. The molecule has 2 N–H and O–H groups in total. The fourth-order valence-electron chi connectivity index (χ4n) is 1.84. The van der Waals surface area contributed by atoms with E-state index in [1.807, 2.05) is 0 Å². The van der Waals surface area contributed by atoms with Crippen LogP contribution < -0.4 is 5.73 Å². The number of rotatable bonds is 6. The Bertz CT molecular complexity index is 206. The lowest BCUT2D eigenvalue weighted by atomic mass is 9.80. The van der Waals surface area contributed by atoms with E-state index in [0.717, 1.165) is 12.3 Å². The maximum Gasteiger partial charge on any atom is 0.146 e. The normalized spacial score (nSPS) is 19.4. The standard InChI is InChI=1S/C12H23NO/c1-9(14)11(13)8-12(2,3)7-6-10-4-5-10/h10-11H,4-8,13H2,1-3H3/t11-/m0/s1. The Morgan fingerprint density at radius 3 is 2.50 bits per heavy atom. The van der Waals surface area contributed by atoms with E-state index in [9.17, 15) is 4.79 Å². The van der Waals surface area contributed by atoms with Crippen LogP contribution in [0.2, 0.25) is 0 Å². The fraction of sp³-hybridized carbons (Fsp3) is 0.917. The van der Waals surface area contributed by atoms with E-state index in [1.165, 1.54) is 25.7 Å². The second-order valence-electron chi connectivity index (χ2n) is 5.57. The monoisotopic (exact) mass is 197 g/mol. The SMILES string of the molecule is CC(=O)[C@@H](N)CC(C)(C)CCC1CC1. The highest BCUT2D eigenvalue weighted by atomic mass is 16.1. The predicted octanol–water partition coefficient (Wildman–Crippen LogP) is 2.51. The molecule has 1 fully saturated rings. The first kappa shape index (κ1) is 11.7. The zero-order chi connectivity index (χ0) is 10.8. The van der Waals surface area contributed by atoms with Crippen LogP contribution in [0.1, 0.15) is 52.9 Å². The highest BCUT2D eigenvalue weighted by Gasteiger charge is 2.27. The first-order valence-electron chi connectivity index (χ1n) is 5.67. The van der Waals surface area contributed by atoms with Gasteiger partial charge in [-0.1, -0.05) is 26.7 Å². The molecule has 2 nitrogen and oxygen atoms in total. The van der Waals surface area contributed by atoms with Gasteiger partial charge in [-0.15, -0.1) is 0 Å². The van der Waals surface area contributed by atoms with E-state index in [0.29, 0.717) is 0 Å². The second kappa shape index (κ2) is 4.43. The van der Waals surface area contributed by atoms with Gasteiger partial charge < -0.3 is 5.73 Å². The molecule has 1 aliphatic carbocycles. The Hall–Kier alpha value is -0.370. The van der Waals surface area contributed by atoms with Gasteiger partial charge in [-0.25, -0.2) is 0 Å². The number of carbonyl (C=O) groups is 1. The molecule has 0 radical (unpaired) electrons. The van der Waals surface area contributed by atoms with Crippen molar-refractivity contribution in [1.82, 2.24) is 0 Å². The maximum absolute atomic E-state index is 11.0. The molecule has 1 rings (SSSR count). The predicted molar refractivity (Wildman–Crippen MR) is 59.0 cm³/mol. The summed E-state index contributed by atoms with van der Waals surface area (Å²) in [6, 6.07) is -0.260. The Morgan fingerprint density at radius 1 is 1.50 bits per heavy atom. The van der Waals surface area contributed by atoms with E-state index < -0.39 is 0 Å². The highest BCUT2D eigenvalue weighted by molar-refractivity contribution is 5.81. The summed E-state index contributed by atoms with van der Waals surface area (Å²) in [6.07, 6.45) is 6.18. The van der Waals surface area contributed by atoms with Gasteiger partial charge in [0.25, 0.3) is 0 Å². The number of hydrogen-bond donors (Lipinski definition) is 1. The van der Waals surface area contributed by atoms with Gasteiger partial charge in [0, 0.05) is 0 Å². The molecule has 0 saturated heterocycles. The van der Waals surface area contributed by atoms with E-state index in [4.69, 9.17) is 5.73 Å². The molecule has 1 saturated carbocycles. The van der Waals surface area contributed by atoms with Crippen molar-refractivity contribution in [1.29, 1.82) is 0 Å². The first-order chi connectivity index (χ1) is 6.41. The molecule has 0 aromatic rings. The quantitative estimate of drug-likeness (QED) is 0.711. The van der Waals surface area contributed by atoms with E-state index >= 15 is 0 Å². The fourth-order valence-corrected chi connectivity index (χ4v) is 1.84. The van der Waals surface area contributed by atoms with E-state index in [2.05, 4.69) is 13.8 Å². The van der Waals surface area contributed by atoms with Gasteiger partial charge in [0.15, 0.2) is 0 Å². The molecule has 0 unspecified atom stereocenters. The van der Waals surface area contributed by atoms with Crippen LogP contribution in [0.25, 0.3) is 0 Å². The van der Waals surface area contributed by atoms with Crippen molar-refractivity contribution in [3.63, 3.8) is 0 Å². The molecule has 0 aromatic carbocycles. The molecule has 14 heavy (non-hydrogen) atoms. The highest BCUT2D eigenvalue weighted by Crippen LogP contribution is 2.38. The lowest BCUT2D eigenvalue weighted by molar-refractivity contribution is -0.118. The molecule has 1 aliphatic rings. The lowest BCUT2D eigenvalue weighted by Gasteiger charge is -2.27. The van der Waals surface area contributed by atoms with Crippen LogP contribution in [0.5, 0.6) is 0 Å². The zero-order valence-electron chi connectivity index (χ0n) is 9.68. The summed E-state index contributed by atoms with van der Waals surface area (Å²) in [5.41, 5.74) is 6.00. The smallest absolute Gasteiger partial charge is 0.146 e. The molecular weight excluding hydrogens is 174 g/mol. The number of hydrogen-bond acceptors (Lipinski definition) is 2. The van der Waals surface area contributed by atoms with Gasteiger partial charge in [-0.05, 0) is 37.5 Å². The average Bonchev–Trinajstić information content (AvgIpc) is 2.82. The number of carbonyl (C=O) groups excluding carboxylic acids is 1. The van der Waals surface area contributed by atoms with Crippen LogP contribution in [-0.2, 0) is 4.79 Å². The Labute approximate surface area is 87.2 Å². The summed E-state index contributed by atoms with van der Waals surface area (Å²) in [7, 11) is 0. The van der Waals surface area contributed by atoms with Crippen molar-refractivity contribution < 1.29 is 4.79 Å². The van der Waals surface area contributed by atoms with Gasteiger partial charge in [-0.3, -0.25) is 4.79 Å². The third-order valence-corrected chi connectivity index (χ3v) is 3.22. The van der Waals surface area contributed by atoms with E-state index in [-0.39, 0.29) is 17.2 Å². The Morgan fingerprint density at radius 2 is 2.07 bits per heavy atom. The molecular formula is C12H23NO. The molecule has 0 aromatic heterocycles. The third kappa shape index (κ3) is 4.23. The minimum atomic E-state index is -0.260. The second-order valence-corrected chi connectivity index (χ2v) is 5.57. The topological polar surface area (TPSA) is 43.1 Å². The first-order valence-corrected chi connectivity index (χ1v) is 5.67. The van der Waals surface area contributed by atoms with Crippen molar-refractivity contribution in [3.8, 4) is 0 Å². The van der Waals surface area contributed by atoms with Crippen molar-refractivity contribution >= 4 is 5.78 Å². The van der Waals surface area contributed by atoms with Crippen LogP contribution in [0.4, 0.5) is 0 Å². The maximum atomic E-state index is 11.0. The molecule has 82 valence electrons. The van der Waals surface area contributed by atoms with Gasteiger partial charge in [-0.2, -0.15) is 0 Å². The largest absolute Gasteiger partial charge is 0.322 e. The van der Waals surface area contributed by atoms with Crippen LogP contribution in [0, 0.1) is 11.3 Å². The van der Waals surface area contributed by atoms with E-state index in [1.54, 1.807) is 6.92 Å². The van der Waals surface area contributed by atoms with Gasteiger partial charge >= 0.3 is 0 Å². The summed E-state index contributed by atoms with van der Waals surface area (Å²) in [5.74, 6) is 1.09. The summed E-state index contributed by atoms with van der Waals surface area (Å²) in [4.78, 5) is 11.0. The average molecular weight is 197 g/mol. The molecule has 0 amide bonds. The van der Waals surface area contributed by atoms with Crippen LogP contribution >= 0.6 is 0 Å². The number of Topliss-reactive ketones (excluding diaryl/α,β-unsaturated/α-hetero) is 1. The van der Waals surface area contributed by atoms with Gasteiger partial charge in [0.1, 0.15) is 5.78 Å². The summed E-state index contributed by atoms with van der Waals surface area (Å²) >= 11 is 0. The number of nitrogens with two attached hydrogens (primary N) is 1.